The lowest BCUT2D eigenvalue weighted by Crippen LogP contribution is -2.57. The minimum atomic E-state index is -2.16. The van der Waals surface area contributed by atoms with Gasteiger partial charge < -0.3 is 52.0 Å². The molecule has 14 heteroatoms. The van der Waals surface area contributed by atoms with Crippen molar-refractivity contribution in [2.75, 3.05) is 0 Å². The van der Waals surface area contributed by atoms with Crippen molar-refractivity contribution in [3.8, 4) is 0 Å². The number of primary amides is 2. The number of nitrogens with one attached hydrogen (secondary N) is 2. The predicted octanol–water partition coefficient (Wildman–Crippen LogP) is 0.626. The first-order chi connectivity index (χ1) is 25.9. The number of rotatable bonds is 15. The highest BCUT2D eigenvalue weighted by atomic mass is 16.5. The number of hydrogen-bond acceptors (Lipinski definition) is 10. The summed E-state index contributed by atoms with van der Waals surface area (Å²) in [5.74, 6) is -3.42. The fourth-order valence-corrected chi connectivity index (χ4v) is 7.12. The van der Waals surface area contributed by atoms with Crippen molar-refractivity contribution in [2.45, 2.75) is 74.8 Å². The van der Waals surface area contributed by atoms with E-state index in [1.165, 1.54) is 24.3 Å². The molecule has 0 radical (unpaired) electrons. The Balaban J connectivity index is 1.31. The molecule has 282 valence electrons. The van der Waals surface area contributed by atoms with Crippen LogP contribution in [0, 0.1) is 0 Å². The smallest absolute Gasteiger partial charge is 0.252 e. The average Bonchev–Trinajstić information content (AvgIpc) is 3.65. The molecular formula is C40H42N4O10. The van der Waals surface area contributed by atoms with Gasteiger partial charge >= 0.3 is 0 Å². The molecule has 6 rings (SSSR count). The molecule has 2 aliphatic rings. The Hall–Kier alpha value is -5.48. The Labute approximate surface area is 310 Å². The van der Waals surface area contributed by atoms with Gasteiger partial charge in [-0.2, -0.15) is 0 Å². The van der Waals surface area contributed by atoms with E-state index in [-0.39, 0.29) is 35.1 Å². The second kappa shape index (κ2) is 16.7. The fourth-order valence-electron chi connectivity index (χ4n) is 7.12. The van der Waals surface area contributed by atoms with Crippen LogP contribution in [0.1, 0.15) is 66.2 Å². The molecule has 8 atom stereocenters. The van der Waals surface area contributed by atoms with Crippen LogP contribution in [0.15, 0.2) is 97.1 Å². The Morgan fingerprint density at radius 3 is 1.33 bits per heavy atom. The topological polar surface area (TPSA) is 244 Å². The first kappa shape index (κ1) is 38.3. The predicted molar refractivity (Wildman–Crippen MR) is 193 cm³/mol. The molecule has 0 saturated heterocycles. The van der Waals surface area contributed by atoms with E-state index in [0.29, 0.717) is 11.1 Å². The summed E-state index contributed by atoms with van der Waals surface area (Å²) >= 11 is 0. The Morgan fingerprint density at radius 1 is 0.593 bits per heavy atom. The Morgan fingerprint density at radius 2 is 0.944 bits per heavy atom. The molecule has 2 aliphatic carbocycles. The standard InChI is InChI=1S/C40H42N4O10/c41-37(49)27-15-7-3-11-23(27)19-53-35(39(51)43-31-25-13-5-1-9-21(25)17-29(31)45)33(47)34(48)36(54-20-24-12-4-8-16-28(24)38(42)50)40(52)44-32-26-14-6-2-10-22(26)18-30(32)46/h1-16,29-36,45-48H,17-20H2,(H2,41,49)(H2,42,50)(H,43,51)(H,44,52)/t29-,30-,31+,32+,33-,34-,35-,36-/m1/s1. The zero-order valence-corrected chi connectivity index (χ0v) is 29.1. The van der Waals surface area contributed by atoms with E-state index in [9.17, 15) is 39.6 Å². The number of benzene rings is 4. The van der Waals surface area contributed by atoms with Gasteiger partial charge in [0.1, 0.15) is 12.2 Å². The van der Waals surface area contributed by atoms with Crippen molar-refractivity contribution in [1.82, 2.24) is 10.6 Å². The molecule has 4 amide bonds. The molecule has 10 N–H and O–H groups in total. The Bertz CT molecular complexity index is 1880. The van der Waals surface area contributed by atoms with Crippen molar-refractivity contribution >= 4 is 23.6 Å². The lowest BCUT2D eigenvalue weighted by Gasteiger charge is -2.32. The third kappa shape index (κ3) is 8.19. The number of fused-ring (bicyclic) bond motifs is 2. The van der Waals surface area contributed by atoms with Crippen LogP contribution in [-0.4, -0.2) is 80.7 Å². The molecule has 0 fully saturated rings. The van der Waals surface area contributed by atoms with Crippen LogP contribution < -0.4 is 22.1 Å². The lowest BCUT2D eigenvalue weighted by atomic mass is 9.99. The SMILES string of the molecule is NC(=O)c1ccccc1CO[C@@H](C(=O)N[C@H]1c2ccccc2C[C@H]1O)[C@H](O)[C@@H](O)[C@@H](OCc1ccccc1C(N)=O)C(=O)N[C@H]1c2ccccc2C[C@H]1O. The lowest BCUT2D eigenvalue weighted by molar-refractivity contribution is -0.171. The molecule has 0 unspecified atom stereocenters. The van der Waals surface area contributed by atoms with Gasteiger partial charge in [0.25, 0.3) is 11.8 Å². The maximum Gasteiger partial charge on any atom is 0.252 e. The van der Waals surface area contributed by atoms with Gasteiger partial charge in [-0.1, -0.05) is 84.9 Å². The molecule has 0 heterocycles. The summed E-state index contributed by atoms with van der Waals surface area (Å²) in [6.07, 6.45) is -9.67. The van der Waals surface area contributed by atoms with Crippen LogP contribution in [-0.2, 0) is 45.1 Å². The number of aliphatic hydroxyl groups excluding tert-OH is 4. The second-order valence-electron chi connectivity index (χ2n) is 13.4. The van der Waals surface area contributed by atoms with E-state index in [2.05, 4.69) is 10.6 Å². The van der Waals surface area contributed by atoms with E-state index in [4.69, 9.17) is 20.9 Å². The van der Waals surface area contributed by atoms with Gasteiger partial charge in [0, 0.05) is 24.0 Å². The quantitative estimate of drug-likeness (QED) is 0.0846. The molecule has 0 spiro atoms. The zero-order chi connectivity index (χ0) is 38.5. The second-order valence-corrected chi connectivity index (χ2v) is 13.4. The number of hydrogen-bond donors (Lipinski definition) is 8. The summed E-state index contributed by atoms with van der Waals surface area (Å²) in [6.45, 7) is -0.862. The first-order valence-electron chi connectivity index (χ1n) is 17.4. The zero-order valence-electron chi connectivity index (χ0n) is 29.1. The minimum absolute atomic E-state index is 0.0935. The van der Waals surface area contributed by atoms with Gasteiger partial charge in [0.2, 0.25) is 11.8 Å². The summed E-state index contributed by atoms with van der Waals surface area (Å²) in [5.41, 5.74) is 14.7. The largest absolute Gasteiger partial charge is 0.390 e. The summed E-state index contributed by atoms with van der Waals surface area (Å²) in [5, 5.41) is 50.8. The molecule has 4 aromatic rings. The number of carbonyl (C=O) groups is 4. The highest BCUT2D eigenvalue weighted by Gasteiger charge is 2.44. The van der Waals surface area contributed by atoms with Crippen LogP contribution in [0.4, 0.5) is 0 Å². The summed E-state index contributed by atoms with van der Waals surface area (Å²) in [6, 6.07) is 24.8. The number of amides is 4. The molecule has 0 aliphatic heterocycles. The van der Waals surface area contributed by atoms with Gasteiger partial charge in [0.15, 0.2) is 12.2 Å². The van der Waals surface area contributed by atoms with E-state index < -0.39 is 85.5 Å². The monoisotopic (exact) mass is 738 g/mol. The normalized spacial score (nSPS) is 20.9. The van der Waals surface area contributed by atoms with Gasteiger partial charge in [-0.05, 0) is 45.5 Å². The minimum Gasteiger partial charge on any atom is -0.390 e. The van der Waals surface area contributed by atoms with Crippen LogP contribution in [0.5, 0.6) is 0 Å². The first-order valence-corrected chi connectivity index (χ1v) is 17.4. The maximum atomic E-state index is 14.1. The van der Waals surface area contributed by atoms with Crippen molar-refractivity contribution in [2.24, 2.45) is 11.5 Å². The Kier molecular flexibility index (Phi) is 11.8. The molecule has 4 aromatic carbocycles. The molecule has 14 nitrogen and oxygen atoms in total. The van der Waals surface area contributed by atoms with Crippen LogP contribution >= 0.6 is 0 Å². The third-order valence-electron chi connectivity index (χ3n) is 9.89. The van der Waals surface area contributed by atoms with Gasteiger partial charge in [0.05, 0.1) is 37.5 Å². The molecule has 54 heavy (non-hydrogen) atoms. The fraction of sp³-hybridized carbons (Fsp3) is 0.300. The van der Waals surface area contributed by atoms with E-state index in [1.54, 1.807) is 60.7 Å². The average molecular weight is 739 g/mol. The van der Waals surface area contributed by atoms with Crippen LogP contribution in [0.2, 0.25) is 0 Å². The number of aliphatic hydroxyl groups is 4. The number of carbonyl (C=O) groups excluding carboxylic acids is 4. The summed E-state index contributed by atoms with van der Waals surface area (Å²) < 4.78 is 11.9. The third-order valence-corrected chi connectivity index (χ3v) is 9.89. The maximum absolute atomic E-state index is 14.1. The molecule has 0 saturated carbocycles. The van der Waals surface area contributed by atoms with Gasteiger partial charge in [-0.25, -0.2) is 0 Å². The van der Waals surface area contributed by atoms with Gasteiger partial charge in [-0.3, -0.25) is 19.2 Å². The highest BCUT2D eigenvalue weighted by Crippen LogP contribution is 2.33. The molecule has 0 bridgehead atoms. The van der Waals surface area contributed by atoms with Crippen LogP contribution in [0.25, 0.3) is 0 Å². The van der Waals surface area contributed by atoms with Crippen molar-refractivity contribution < 1.29 is 49.1 Å². The van der Waals surface area contributed by atoms with Crippen LogP contribution in [0.3, 0.4) is 0 Å². The van der Waals surface area contributed by atoms with Crippen molar-refractivity contribution in [3.63, 3.8) is 0 Å². The number of ether oxygens (including phenoxy) is 2. The van der Waals surface area contributed by atoms with Crippen molar-refractivity contribution in [1.29, 1.82) is 0 Å². The van der Waals surface area contributed by atoms with Crippen molar-refractivity contribution in [3.05, 3.63) is 142 Å². The highest BCUT2D eigenvalue weighted by molar-refractivity contribution is 5.94. The summed E-state index contributed by atoms with van der Waals surface area (Å²) in [4.78, 5) is 52.4. The van der Waals surface area contributed by atoms with E-state index in [1.807, 2.05) is 12.1 Å². The molecule has 0 aromatic heterocycles. The number of nitrogens with two attached hydrogens (primary N) is 2. The summed E-state index contributed by atoms with van der Waals surface area (Å²) in [7, 11) is 0. The molecular weight excluding hydrogens is 696 g/mol. The van der Waals surface area contributed by atoms with Gasteiger partial charge in [-0.15, -0.1) is 0 Å². The van der Waals surface area contributed by atoms with E-state index >= 15 is 0 Å². The van der Waals surface area contributed by atoms with E-state index in [0.717, 1.165) is 11.1 Å².